The molecule has 110 valence electrons. The summed E-state index contributed by atoms with van der Waals surface area (Å²) in [7, 11) is 0. The van der Waals surface area contributed by atoms with Crippen molar-refractivity contribution in [2.75, 3.05) is 13.1 Å². The van der Waals surface area contributed by atoms with Gasteiger partial charge in [0, 0.05) is 30.2 Å². The summed E-state index contributed by atoms with van der Waals surface area (Å²) in [6.45, 7) is 1.66. The maximum atomic E-state index is 12.6. The molecule has 1 fully saturated rings. The number of aromatic nitrogens is 3. The van der Waals surface area contributed by atoms with Crippen LogP contribution in [0.25, 0.3) is 5.52 Å². The highest BCUT2D eigenvalue weighted by Gasteiger charge is 2.47. The van der Waals surface area contributed by atoms with Crippen molar-refractivity contribution in [2.45, 2.75) is 25.5 Å². The summed E-state index contributed by atoms with van der Waals surface area (Å²) in [5.41, 5.74) is -0.696. The molecule has 0 bridgehead atoms. The predicted molar refractivity (Wildman–Crippen MR) is 75.2 cm³/mol. The highest BCUT2D eigenvalue weighted by molar-refractivity contribution is 5.43. The van der Waals surface area contributed by atoms with E-state index < -0.39 is 6.23 Å². The molecule has 4 heterocycles. The third-order valence-electron chi connectivity index (χ3n) is 4.75. The lowest BCUT2D eigenvalue weighted by atomic mass is 9.76. The first kappa shape index (κ1) is 12.7. The van der Waals surface area contributed by atoms with Crippen LogP contribution < -0.4 is 16.3 Å². The van der Waals surface area contributed by atoms with Gasteiger partial charge in [0.15, 0.2) is 5.43 Å². The first-order valence-corrected chi connectivity index (χ1v) is 7.14. The molecular weight excluding hydrogens is 272 g/mol. The van der Waals surface area contributed by atoms with Gasteiger partial charge in [0.1, 0.15) is 17.6 Å². The first-order chi connectivity index (χ1) is 10.1. The largest absolute Gasteiger partial charge is 0.372 e. The van der Waals surface area contributed by atoms with Crippen LogP contribution in [0.1, 0.15) is 24.9 Å². The van der Waals surface area contributed by atoms with Crippen molar-refractivity contribution in [3.8, 4) is 0 Å². The number of fused-ring (bicyclic) bond motifs is 2. The minimum Gasteiger partial charge on any atom is -0.372 e. The van der Waals surface area contributed by atoms with Crippen molar-refractivity contribution >= 4 is 5.52 Å². The fraction of sp³-hybridized carbons (Fsp3) is 0.500. The summed E-state index contributed by atoms with van der Waals surface area (Å²) >= 11 is 0. The van der Waals surface area contributed by atoms with Gasteiger partial charge in [-0.1, -0.05) is 0 Å². The van der Waals surface area contributed by atoms with Gasteiger partial charge in [0.2, 0.25) is 0 Å². The molecule has 2 aromatic rings. The Bertz CT molecular complexity index is 832. The number of aliphatic hydroxyl groups is 1. The van der Waals surface area contributed by atoms with Gasteiger partial charge in [-0.15, -0.1) is 0 Å². The molecule has 21 heavy (non-hydrogen) atoms. The second-order valence-corrected chi connectivity index (χ2v) is 5.95. The van der Waals surface area contributed by atoms with Gasteiger partial charge in [-0.05, 0) is 25.9 Å². The van der Waals surface area contributed by atoms with Gasteiger partial charge in [0.05, 0.1) is 0 Å². The summed E-state index contributed by atoms with van der Waals surface area (Å²) in [6.07, 6.45) is 2.84. The van der Waals surface area contributed by atoms with Crippen LogP contribution in [0.3, 0.4) is 0 Å². The molecule has 0 aliphatic carbocycles. The number of pyridine rings is 1. The maximum absolute atomic E-state index is 12.6. The number of aliphatic hydroxyl groups excluding tert-OH is 1. The Morgan fingerprint density at radius 3 is 2.86 bits per heavy atom. The summed E-state index contributed by atoms with van der Waals surface area (Å²) in [5, 5.41) is 18.4. The first-order valence-electron chi connectivity index (χ1n) is 7.14. The molecule has 0 aromatic carbocycles. The number of hydrogen-bond donors (Lipinski definition) is 2. The van der Waals surface area contributed by atoms with Crippen molar-refractivity contribution in [2.24, 2.45) is 5.41 Å². The molecular formula is C14H16N4O3. The van der Waals surface area contributed by atoms with Crippen LogP contribution in [-0.2, 0) is 6.42 Å². The zero-order chi connectivity index (χ0) is 14.6. The normalized spacial score (nSPS) is 23.6. The smallest absolute Gasteiger partial charge is 0.280 e. The standard InChI is InChI=1S/C14H16N4O3/c19-9-1-6-17-10(7-9)12(20)18-11(16-17)8-14(13(18)21)2-4-15-5-3-14/h1,6-7,13,15,21H,2-5,8H2. The zero-order valence-electron chi connectivity index (χ0n) is 11.5. The van der Waals surface area contributed by atoms with E-state index in [1.54, 1.807) is 0 Å². The molecule has 4 rings (SSSR count). The summed E-state index contributed by atoms with van der Waals surface area (Å²) in [6, 6.07) is 2.64. The van der Waals surface area contributed by atoms with Crippen molar-refractivity contribution in [3.05, 3.63) is 44.7 Å². The van der Waals surface area contributed by atoms with Crippen molar-refractivity contribution in [3.63, 3.8) is 0 Å². The van der Waals surface area contributed by atoms with Crippen LogP contribution in [0.5, 0.6) is 0 Å². The second kappa shape index (κ2) is 4.25. The Kier molecular flexibility index (Phi) is 2.58. The van der Waals surface area contributed by atoms with E-state index in [2.05, 4.69) is 10.4 Å². The summed E-state index contributed by atoms with van der Waals surface area (Å²) in [5.74, 6) is 0.588. The molecule has 2 aliphatic heterocycles. The van der Waals surface area contributed by atoms with Crippen molar-refractivity contribution < 1.29 is 5.11 Å². The third kappa shape index (κ3) is 1.71. The lowest BCUT2D eigenvalue weighted by molar-refractivity contribution is -0.0288. The molecule has 1 saturated heterocycles. The number of nitrogens with zero attached hydrogens (tertiary/aromatic N) is 3. The number of hydrogen-bond acceptors (Lipinski definition) is 5. The minimum atomic E-state index is -0.866. The fourth-order valence-corrected chi connectivity index (χ4v) is 3.55. The topological polar surface area (TPSA) is 88.6 Å². The van der Waals surface area contributed by atoms with Crippen molar-refractivity contribution in [1.29, 1.82) is 0 Å². The van der Waals surface area contributed by atoms with Crippen LogP contribution in [-0.4, -0.2) is 32.4 Å². The van der Waals surface area contributed by atoms with Crippen LogP contribution >= 0.6 is 0 Å². The van der Waals surface area contributed by atoms with Crippen LogP contribution in [0.15, 0.2) is 27.9 Å². The van der Waals surface area contributed by atoms with Gasteiger partial charge >= 0.3 is 0 Å². The Balaban J connectivity index is 1.95. The molecule has 2 aromatic heterocycles. The van der Waals surface area contributed by atoms with Crippen LogP contribution in [0.4, 0.5) is 0 Å². The molecule has 2 N–H and O–H groups in total. The van der Waals surface area contributed by atoms with Gasteiger partial charge in [-0.2, -0.15) is 5.10 Å². The van der Waals surface area contributed by atoms with E-state index in [1.165, 1.54) is 27.4 Å². The van der Waals surface area contributed by atoms with Gasteiger partial charge < -0.3 is 10.4 Å². The van der Waals surface area contributed by atoms with Crippen LogP contribution in [0.2, 0.25) is 0 Å². The molecule has 1 spiro atoms. The van der Waals surface area contributed by atoms with E-state index in [-0.39, 0.29) is 21.9 Å². The molecule has 7 nitrogen and oxygen atoms in total. The predicted octanol–water partition coefficient (Wildman–Crippen LogP) is -0.727. The molecule has 2 aliphatic rings. The number of rotatable bonds is 0. The molecule has 0 radical (unpaired) electrons. The Labute approximate surface area is 119 Å². The van der Waals surface area contributed by atoms with E-state index >= 15 is 0 Å². The molecule has 7 heteroatoms. The molecule has 1 unspecified atom stereocenters. The van der Waals surface area contributed by atoms with E-state index in [0.29, 0.717) is 12.2 Å². The van der Waals surface area contributed by atoms with E-state index in [0.717, 1.165) is 25.9 Å². The fourth-order valence-electron chi connectivity index (χ4n) is 3.55. The summed E-state index contributed by atoms with van der Waals surface area (Å²) < 4.78 is 2.79. The van der Waals surface area contributed by atoms with E-state index in [1.807, 2.05) is 0 Å². The monoisotopic (exact) mass is 288 g/mol. The Morgan fingerprint density at radius 1 is 1.33 bits per heavy atom. The van der Waals surface area contributed by atoms with Gasteiger partial charge in [-0.25, -0.2) is 4.52 Å². The molecule has 1 atom stereocenters. The maximum Gasteiger partial charge on any atom is 0.280 e. The van der Waals surface area contributed by atoms with Gasteiger partial charge in [-0.3, -0.25) is 14.2 Å². The minimum absolute atomic E-state index is 0.205. The average Bonchev–Trinajstić information content (AvgIpc) is 2.74. The zero-order valence-corrected chi connectivity index (χ0v) is 11.5. The average molecular weight is 288 g/mol. The molecule has 0 saturated carbocycles. The Hall–Kier alpha value is -1.99. The van der Waals surface area contributed by atoms with Crippen LogP contribution in [0, 0.1) is 5.41 Å². The highest BCUT2D eigenvalue weighted by Crippen LogP contribution is 2.45. The highest BCUT2D eigenvalue weighted by atomic mass is 16.3. The van der Waals surface area contributed by atoms with E-state index in [4.69, 9.17) is 0 Å². The third-order valence-corrected chi connectivity index (χ3v) is 4.75. The second-order valence-electron chi connectivity index (χ2n) is 5.95. The number of piperidine rings is 1. The lowest BCUT2D eigenvalue weighted by Crippen LogP contribution is -2.41. The molecule has 0 amide bonds. The lowest BCUT2D eigenvalue weighted by Gasteiger charge is -2.35. The Morgan fingerprint density at radius 2 is 2.10 bits per heavy atom. The quantitative estimate of drug-likeness (QED) is 0.667. The summed E-state index contributed by atoms with van der Waals surface area (Å²) in [4.78, 5) is 24.0. The van der Waals surface area contributed by atoms with Crippen molar-refractivity contribution in [1.82, 2.24) is 19.5 Å². The van der Waals surface area contributed by atoms with Gasteiger partial charge in [0.25, 0.3) is 5.56 Å². The van der Waals surface area contributed by atoms with E-state index in [9.17, 15) is 14.7 Å². The SMILES string of the molecule is O=c1ccn2nc3n(c(=O)c2c1)C(O)C1(CCNCC1)C3. The number of nitrogens with one attached hydrogen (secondary N) is 1.